The van der Waals surface area contributed by atoms with E-state index in [-0.39, 0.29) is 11.3 Å². The number of phenols is 1. The predicted molar refractivity (Wildman–Crippen MR) is 120 cm³/mol. The van der Waals surface area contributed by atoms with Crippen LogP contribution in [0, 0.1) is 0 Å². The molecular weight excluding hydrogens is 416 g/mol. The van der Waals surface area contributed by atoms with E-state index in [9.17, 15) is 9.90 Å². The van der Waals surface area contributed by atoms with Gasteiger partial charge in [0.25, 0.3) is 0 Å². The molecule has 0 radical (unpaired) electrons. The van der Waals surface area contributed by atoms with Gasteiger partial charge in [0.15, 0.2) is 0 Å². The van der Waals surface area contributed by atoms with Crippen LogP contribution in [0.1, 0.15) is 10.4 Å². The van der Waals surface area contributed by atoms with Crippen LogP contribution < -0.4 is 0 Å². The number of carbonyl (C=O) groups excluding carboxylic acids is 1. The Morgan fingerprint density at radius 1 is 0.667 bits per heavy atom. The maximum Gasteiger partial charge on any atom is 0.353 e. The van der Waals surface area contributed by atoms with E-state index in [1.807, 2.05) is 72.8 Å². The molecule has 4 aromatic carbocycles. The standard InChI is InChI=1S/C25H19ClO3S/c26-19-15-17-22(18-16-19)30(20-9-3-1-4-10-20,21-11-5-2-6-12-21)29-25(28)23-13-7-8-14-24(23)27/h1-18,27H. The summed E-state index contributed by atoms with van der Waals surface area (Å²) in [6.45, 7) is 0. The summed E-state index contributed by atoms with van der Waals surface area (Å²) in [6.07, 6.45) is 0. The van der Waals surface area contributed by atoms with E-state index < -0.39 is 16.3 Å². The van der Waals surface area contributed by atoms with Crippen molar-refractivity contribution in [1.82, 2.24) is 0 Å². The first-order chi connectivity index (χ1) is 14.6. The fourth-order valence-corrected chi connectivity index (χ4v) is 6.36. The van der Waals surface area contributed by atoms with Gasteiger partial charge in [-0.15, -0.1) is 0 Å². The number of hydrogen-bond donors (Lipinski definition) is 1. The number of para-hydroxylation sites is 1. The van der Waals surface area contributed by atoms with Crippen molar-refractivity contribution >= 4 is 27.9 Å². The highest BCUT2D eigenvalue weighted by Crippen LogP contribution is 2.69. The molecule has 4 aromatic rings. The van der Waals surface area contributed by atoms with Crippen molar-refractivity contribution in [1.29, 1.82) is 0 Å². The minimum Gasteiger partial charge on any atom is -0.507 e. The zero-order valence-corrected chi connectivity index (χ0v) is 17.5. The molecule has 0 saturated heterocycles. The summed E-state index contributed by atoms with van der Waals surface area (Å²) in [5.41, 5.74) is 0.121. The molecule has 0 saturated carbocycles. The van der Waals surface area contributed by atoms with Gasteiger partial charge in [0, 0.05) is 19.7 Å². The second-order valence-corrected chi connectivity index (χ2v) is 9.65. The molecule has 0 fully saturated rings. The second-order valence-electron chi connectivity index (χ2n) is 6.52. The van der Waals surface area contributed by atoms with Gasteiger partial charge in [-0.25, -0.2) is 4.79 Å². The smallest absolute Gasteiger partial charge is 0.353 e. The Morgan fingerprint density at radius 3 is 1.67 bits per heavy atom. The van der Waals surface area contributed by atoms with Crippen LogP contribution in [0.25, 0.3) is 0 Å². The third-order valence-electron chi connectivity index (χ3n) is 4.62. The highest BCUT2D eigenvalue weighted by atomic mass is 35.5. The van der Waals surface area contributed by atoms with Crippen molar-refractivity contribution in [2.45, 2.75) is 14.7 Å². The normalized spacial score (nSPS) is 11.6. The minimum atomic E-state index is -2.43. The number of hydrogen-bond acceptors (Lipinski definition) is 3. The Morgan fingerprint density at radius 2 is 1.13 bits per heavy atom. The summed E-state index contributed by atoms with van der Waals surface area (Å²) in [7, 11) is -2.43. The third-order valence-corrected chi connectivity index (χ3v) is 8.08. The number of rotatable bonds is 5. The van der Waals surface area contributed by atoms with Crippen LogP contribution >= 0.6 is 21.9 Å². The summed E-state index contributed by atoms with van der Waals surface area (Å²) in [5, 5.41) is 10.8. The van der Waals surface area contributed by atoms with Gasteiger partial charge < -0.3 is 9.29 Å². The lowest BCUT2D eigenvalue weighted by Crippen LogP contribution is -2.14. The molecule has 0 spiro atoms. The number of phenolic OH excluding ortho intramolecular Hbond substituents is 1. The van der Waals surface area contributed by atoms with E-state index in [0.29, 0.717) is 5.02 Å². The van der Waals surface area contributed by atoms with Crippen LogP contribution in [0.3, 0.4) is 0 Å². The molecule has 0 atom stereocenters. The Labute approximate surface area is 182 Å². The Hall–Kier alpha value is -3.21. The monoisotopic (exact) mass is 434 g/mol. The molecule has 30 heavy (non-hydrogen) atoms. The summed E-state index contributed by atoms with van der Waals surface area (Å²) >= 11 is 6.14. The van der Waals surface area contributed by atoms with Crippen molar-refractivity contribution in [3.05, 3.63) is 120 Å². The molecular formula is C25H19ClO3S. The summed E-state index contributed by atoms with van der Waals surface area (Å²) in [5.74, 6) is -0.709. The molecule has 0 aliphatic heterocycles. The van der Waals surface area contributed by atoms with Gasteiger partial charge in [-0.1, -0.05) is 60.1 Å². The summed E-state index contributed by atoms with van der Waals surface area (Å²) in [4.78, 5) is 15.8. The topological polar surface area (TPSA) is 46.5 Å². The van der Waals surface area contributed by atoms with Crippen LogP contribution in [0.5, 0.6) is 5.75 Å². The molecule has 0 unspecified atom stereocenters. The predicted octanol–water partition coefficient (Wildman–Crippen LogP) is 7.10. The highest BCUT2D eigenvalue weighted by Gasteiger charge is 2.36. The van der Waals surface area contributed by atoms with Gasteiger partial charge in [-0.3, -0.25) is 0 Å². The van der Waals surface area contributed by atoms with Crippen molar-refractivity contribution in [3.63, 3.8) is 0 Å². The van der Waals surface area contributed by atoms with Crippen LogP contribution in [-0.4, -0.2) is 11.1 Å². The van der Waals surface area contributed by atoms with Crippen LogP contribution in [-0.2, 0) is 4.18 Å². The van der Waals surface area contributed by atoms with Crippen molar-refractivity contribution in [2.24, 2.45) is 0 Å². The van der Waals surface area contributed by atoms with Crippen molar-refractivity contribution < 1.29 is 14.1 Å². The zero-order valence-electron chi connectivity index (χ0n) is 15.9. The van der Waals surface area contributed by atoms with Crippen LogP contribution in [0.4, 0.5) is 0 Å². The zero-order chi connectivity index (χ0) is 21.0. The lowest BCUT2D eigenvalue weighted by atomic mass is 10.2. The maximum absolute atomic E-state index is 13.3. The van der Waals surface area contributed by atoms with E-state index in [4.69, 9.17) is 15.8 Å². The molecule has 150 valence electrons. The van der Waals surface area contributed by atoms with Gasteiger partial charge in [-0.05, 0) is 71.0 Å². The van der Waals surface area contributed by atoms with E-state index >= 15 is 0 Å². The molecule has 4 rings (SSSR count). The highest BCUT2D eigenvalue weighted by molar-refractivity contribution is 8.30. The molecule has 0 heterocycles. The van der Waals surface area contributed by atoms with Crippen LogP contribution in [0.2, 0.25) is 5.02 Å². The van der Waals surface area contributed by atoms with E-state index in [1.165, 1.54) is 6.07 Å². The first-order valence-electron chi connectivity index (χ1n) is 9.32. The SMILES string of the molecule is O=C(OS(c1ccccc1)(c1ccccc1)c1ccc(Cl)cc1)c1ccccc1O. The van der Waals surface area contributed by atoms with Gasteiger partial charge in [0.1, 0.15) is 11.3 Å². The van der Waals surface area contributed by atoms with Crippen LogP contribution in [0.15, 0.2) is 124 Å². The van der Waals surface area contributed by atoms with Gasteiger partial charge in [0.2, 0.25) is 0 Å². The first kappa shape index (κ1) is 20.1. The van der Waals surface area contributed by atoms with Gasteiger partial charge in [0.05, 0.1) is 0 Å². The number of benzene rings is 4. The van der Waals surface area contributed by atoms with Crippen molar-refractivity contribution in [3.8, 4) is 5.75 Å². The van der Waals surface area contributed by atoms with Gasteiger partial charge >= 0.3 is 5.97 Å². The molecule has 0 bridgehead atoms. The largest absolute Gasteiger partial charge is 0.507 e. The summed E-state index contributed by atoms with van der Waals surface area (Å²) in [6, 6.07) is 33.1. The fraction of sp³-hybridized carbons (Fsp3) is 0. The summed E-state index contributed by atoms with van der Waals surface area (Å²) < 4.78 is 6.34. The molecule has 0 amide bonds. The molecule has 0 aromatic heterocycles. The number of halogens is 1. The third kappa shape index (κ3) is 3.80. The Bertz CT molecular complexity index is 1110. The van der Waals surface area contributed by atoms with Gasteiger partial charge in [-0.2, -0.15) is 0 Å². The average molecular weight is 435 g/mol. The molecule has 5 heteroatoms. The fourth-order valence-electron chi connectivity index (χ4n) is 3.21. The lowest BCUT2D eigenvalue weighted by molar-refractivity contribution is 0.0754. The molecule has 0 aliphatic carbocycles. The number of carbonyl (C=O) groups is 1. The molecule has 0 aliphatic rings. The second kappa shape index (κ2) is 8.66. The molecule has 1 N–H and O–H groups in total. The van der Waals surface area contributed by atoms with E-state index in [1.54, 1.807) is 30.3 Å². The van der Waals surface area contributed by atoms with E-state index in [0.717, 1.165) is 14.7 Å². The number of aromatic hydroxyl groups is 1. The van der Waals surface area contributed by atoms with Crippen molar-refractivity contribution in [2.75, 3.05) is 0 Å². The Balaban J connectivity index is 1.96. The molecule has 3 nitrogen and oxygen atoms in total. The quantitative estimate of drug-likeness (QED) is 0.364. The first-order valence-corrected chi connectivity index (χ1v) is 11.3. The maximum atomic E-state index is 13.3. The lowest BCUT2D eigenvalue weighted by Gasteiger charge is -2.39. The van der Waals surface area contributed by atoms with E-state index in [2.05, 4.69) is 0 Å². The minimum absolute atomic E-state index is 0.118. The average Bonchev–Trinajstić information content (AvgIpc) is 2.79. The Kier molecular flexibility index (Phi) is 5.79.